The molecule has 1 heterocycles. The number of carbonyl (C=O) groups excluding carboxylic acids is 2. The van der Waals surface area contributed by atoms with E-state index in [0.29, 0.717) is 23.6 Å². The highest BCUT2D eigenvalue weighted by molar-refractivity contribution is 8.02. The summed E-state index contributed by atoms with van der Waals surface area (Å²) in [7, 11) is 2.89. The summed E-state index contributed by atoms with van der Waals surface area (Å²) in [5, 5.41) is 4.39. The van der Waals surface area contributed by atoms with E-state index in [2.05, 4.69) is 10.2 Å². The second kappa shape index (κ2) is 12.6. The summed E-state index contributed by atoms with van der Waals surface area (Å²) in [6.07, 6.45) is 2.55. The summed E-state index contributed by atoms with van der Waals surface area (Å²) < 4.78 is 16.0. The van der Waals surface area contributed by atoms with Gasteiger partial charge in [0.1, 0.15) is 5.60 Å². The molecule has 0 aliphatic carbocycles. The first-order valence-corrected chi connectivity index (χ1v) is 12.5. The number of rotatable bonds is 9. The number of carbonyl (C=O) groups is 2. The smallest absolute Gasteiger partial charge is 0.407 e. The minimum atomic E-state index is -1.01. The van der Waals surface area contributed by atoms with Crippen molar-refractivity contribution in [2.45, 2.75) is 58.0 Å². The fourth-order valence-corrected chi connectivity index (χ4v) is 4.80. The zero-order valence-corrected chi connectivity index (χ0v) is 21.8. The summed E-state index contributed by atoms with van der Waals surface area (Å²) in [5.74, 6) is -0.244. The molecule has 33 heavy (non-hydrogen) atoms. The topological polar surface area (TPSA) is 77.1 Å². The molecule has 0 unspecified atom stereocenters. The highest BCUT2D eigenvalue weighted by atomic mass is 35.5. The van der Waals surface area contributed by atoms with Gasteiger partial charge < -0.3 is 24.4 Å². The molecule has 0 aromatic heterocycles. The SMILES string of the molecule is COC(OC)C(=O)C(Cc1ccccc1Cl)=C(SC)N1CCC[C@@H](NC(=O)OC(C)(C)C)C1. The average molecular weight is 499 g/mol. The van der Waals surface area contributed by atoms with E-state index in [1.807, 2.05) is 51.3 Å². The van der Waals surface area contributed by atoms with Crippen molar-refractivity contribution in [3.05, 3.63) is 45.5 Å². The van der Waals surface area contributed by atoms with Crippen molar-refractivity contribution >= 4 is 35.2 Å². The Morgan fingerprint density at radius 1 is 1.24 bits per heavy atom. The molecule has 1 aromatic carbocycles. The van der Waals surface area contributed by atoms with Crippen LogP contribution in [0.25, 0.3) is 0 Å². The molecule has 9 heteroatoms. The van der Waals surface area contributed by atoms with Crippen molar-refractivity contribution in [1.82, 2.24) is 10.2 Å². The molecule has 1 saturated heterocycles. The lowest BCUT2D eigenvalue weighted by molar-refractivity contribution is -0.152. The number of hydrogen-bond donors (Lipinski definition) is 1. The fourth-order valence-electron chi connectivity index (χ4n) is 3.75. The highest BCUT2D eigenvalue weighted by Crippen LogP contribution is 2.30. The van der Waals surface area contributed by atoms with E-state index in [1.54, 1.807) is 0 Å². The Bertz CT molecular complexity index is 852. The Morgan fingerprint density at radius 2 is 1.91 bits per heavy atom. The maximum atomic E-state index is 13.4. The van der Waals surface area contributed by atoms with Gasteiger partial charge in [-0.15, -0.1) is 11.8 Å². The van der Waals surface area contributed by atoms with Crippen LogP contribution in [0, 0.1) is 0 Å². The molecule has 184 valence electrons. The Morgan fingerprint density at radius 3 is 2.48 bits per heavy atom. The number of nitrogens with zero attached hydrogens (tertiary/aromatic N) is 1. The fraction of sp³-hybridized carbons (Fsp3) is 0.583. The molecule has 1 atom stereocenters. The van der Waals surface area contributed by atoms with E-state index in [9.17, 15) is 9.59 Å². The van der Waals surface area contributed by atoms with Crippen molar-refractivity contribution in [3.8, 4) is 0 Å². The largest absolute Gasteiger partial charge is 0.444 e. The van der Waals surface area contributed by atoms with Crippen molar-refractivity contribution in [2.24, 2.45) is 0 Å². The van der Waals surface area contributed by atoms with Crippen LogP contribution < -0.4 is 5.32 Å². The van der Waals surface area contributed by atoms with Crippen LogP contribution in [-0.4, -0.2) is 68.3 Å². The zero-order chi connectivity index (χ0) is 24.6. The predicted octanol–water partition coefficient (Wildman–Crippen LogP) is 4.63. The van der Waals surface area contributed by atoms with Gasteiger partial charge in [0.15, 0.2) is 0 Å². The Hall–Kier alpha value is -1.74. The van der Waals surface area contributed by atoms with Gasteiger partial charge in [0.05, 0.1) is 5.03 Å². The van der Waals surface area contributed by atoms with Crippen LogP contribution in [0.4, 0.5) is 4.79 Å². The molecule has 0 radical (unpaired) electrons. The van der Waals surface area contributed by atoms with Gasteiger partial charge in [-0.3, -0.25) is 4.79 Å². The van der Waals surface area contributed by atoms with Gasteiger partial charge in [-0.25, -0.2) is 4.79 Å². The number of ether oxygens (including phenoxy) is 3. The third-order valence-electron chi connectivity index (χ3n) is 5.15. The van der Waals surface area contributed by atoms with E-state index in [4.69, 9.17) is 25.8 Å². The van der Waals surface area contributed by atoms with Crippen LogP contribution in [0.2, 0.25) is 5.02 Å². The summed E-state index contributed by atoms with van der Waals surface area (Å²) in [4.78, 5) is 27.8. The van der Waals surface area contributed by atoms with E-state index >= 15 is 0 Å². The van der Waals surface area contributed by atoms with Crippen LogP contribution in [0.5, 0.6) is 0 Å². The number of hydrogen-bond acceptors (Lipinski definition) is 7. The van der Waals surface area contributed by atoms with Crippen molar-refractivity contribution < 1.29 is 23.8 Å². The van der Waals surface area contributed by atoms with Crippen LogP contribution >= 0.6 is 23.4 Å². The predicted molar refractivity (Wildman–Crippen MR) is 132 cm³/mol. The number of methoxy groups -OCH3 is 2. The van der Waals surface area contributed by atoms with E-state index in [-0.39, 0.29) is 11.8 Å². The number of amides is 1. The first kappa shape index (κ1) is 27.5. The summed E-state index contributed by atoms with van der Waals surface area (Å²) >= 11 is 7.90. The van der Waals surface area contributed by atoms with Gasteiger partial charge in [0, 0.05) is 50.4 Å². The lowest BCUT2D eigenvalue weighted by Gasteiger charge is -2.37. The number of Topliss-reactive ketones (excluding diaryl/α,β-unsaturated/α-hetero) is 1. The quantitative estimate of drug-likeness (QED) is 0.392. The molecule has 1 aliphatic heterocycles. The van der Waals surface area contributed by atoms with Crippen molar-refractivity contribution in [2.75, 3.05) is 33.6 Å². The number of thioether (sulfide) groups is 1. The van der Waals surface area contributed by atoms with Crippen LogP contribution in [0.1, 0.15) is 39.2 Å². The third kappa shape index (κ3) is 8.21. The number of halogens is 1. The average Bonchev–Trinajstić information content (AvgIpc) is 2.74. The minimum Gasteiger partial charge on any atom is -0.444 e. The first-order chi connectivity index (χ1) is 15.6. The molecule has 2 rings (SSSR count). The van der Waals surface area contributed by atoms with Crippen molar-refractivity contribution in [3.63, 3.8) is 0 Å². The lowest BCUT2D eigenvalue weighted by atomic mass is 10.00. The number of likely N-dealkylation sites (tertiary alicyclic amines) is 1. The molecule has 1 aliphatic rings. The monoisotopic (exact) mass is 498 g/mol. The van der Waals surface area contributed by atoms with Crippen molar-refractivity contribution in [1.29, 1.82) is 0 Å². The van der Waals surface area contributed by atoms with Gasteiger partial charge in [-0.2, -0.15) is 0 Å². The van der Waals surface area contributed by atoms with Crippen LogP contribution in [0.3, 0.4) is 0 Å². The Balaban J connectivity index is 2.34. The Labute approximate surface area is 206 Å². The standard InChI is InChI=1S/C24H35ClN2O5S/c1-24(2,3)32-23(29)26-17-11-9-13-27(15-17)21(33-6)18(20(28)22(30-4)31-5)14-16-10-7-8-12-19(16)25/h7-8,10,12,17,22H,9,11,13-15H2,1-6H3,(H,26,29)/t17-/m1/s1. The molecule has 7 nitrogen and oxygen atoms in total. The van der Waals surface area contributed by atoms with E-state index < -0.39 is 18.0 Å². The molecule has 1 amide bonds. The Kier molecular flexibility index (Phi) is 10.5. The van der Waals surface area contributed by atoms with Gasteiger partial charge in [-0.05, 0) is 51.5 Å². The third-order valence-corrected chi connectivity index (χ3v) is 6.41. The molecular formula is C24H35ClN2O5S. The normalized spacial score (nSPS) is 17.6. The maximum Gasteiger partial charge on any atom is 0.407 e. The lowest BCUT2D eigenvalue weighted by Crippen LogP contribution is -2.48. The van der Waals surface area contributed by atoms with Gasteiger partial charge in [0.2, 0.25) is 12.1 Å². The molecule has 1 aromatic rings. The van der Waals surface area contributed by atoms with E-state index in [0.717, 1.165) is 30.0 Å². The number of nitrogens with one attached hydrogen (secondary N) is 1. The molecule has 0 spiro atoms. The first-order valence-electron chi connectivity index (χ1n) is 10.9. The number of benzene rings is 1. The molecule has 1 N–H and O–H groups in total. The molecule has 0 saturated carbocycles. The van der Waals surface area contributed by atoms with Crippen LogP contribution in [0.15, 0.2) is 34.9 Å². The van der Waals surface area contributed by atoms with Crippen LogP contribution in [-0.2, 0) is 25.4 Å². The number of alkyl carbamates (subject to hydrolysis) is 1. The molecular weight excluding hydrogens is 464 g/mol. The molecule has 0 bridgehead atoms. The van der Waals surface area contributed by atoms with E-state index in [1.165, 1.54) is 26.0 Å². The van der Waals surface area contributed by atoms with Gasteiger partial charge >= 0.3 is 6.09 Å². The van der Waals surface area contributed by atoms with Gasteiger partial charge in [-0.1, -0.05) is 29.8 Å². The molecule has 1 fully saturated rings. The summed E-state index contributed by atoms with van der Waals surface area (Å²) in [6, 6.07) is 7.38. The second-order valence-corrected chi connectivity index (χ2v) is 10.1. The number of ketones is 1. The maximum absolute atomic E-state index is 13.4. The minimum absolute atomic E-state index is 0.0898. The summed E-state index contributed by atoms with van der Waals surface area (Å²) in [5.41, 5.74) is 0.856. The van der Waals surface area contributed by atoms with Gasteiger partial charge in [0.25, 0.3) is 0 Å². The number of piperidine rings is 1. The highest BCUT2D eigenvalue weighted by Gasteiger charge is 2.30. The summed E-state index contributed by atoms with van der Waals surface area (Å²) in [6.45, 7) is 6.85. The zero-order valence-electron chi connectivity index (χ0n) is 20.3. The second-order valence-electron chi connectivity index (χ2n) is 8.85.